The SMILES string of the molecule is C=CCN=c1scc(-c2ccc(OC)cc2OC)n1N=Cc1ccc2c(c1)OCO2. The number of hydrogen-bond acceptors (Lipinski definition) is 7. The van der Waals surface area contributed by atoms with E-state index in [1.807, 2.05) is 41.8 Å². The first-order valence-electron chi connectivity index (χ1n) is 9.22. The molecule has 0 unspecified atom stereocenters. The average Bonchev–Trinajstić information content (AvgIpc) is 3.41. The zero-order valence-corrected chi connectivity index (χ0v) is 17.5. The van der Waals surface area contributed by atoms with Gasteiger partial charge in [-0.2, -0.15) is 5.10 Å². The summed E-state index contributed by atoms with van der Waals surface area (Å²) < 4.78 is 23.5. The summed E-state index contributed by atoms with van der Waals surface area (Å²) in [6.07, 6.45) is 3.51. The lowest BCUT2D eigenvalue weighted by atomic mass is 10.1. The first-order chi connectivity index (χ1) is 14.7. The maximum absolute atomic E-state index is 5.58. The molecule has 2 heterocycles. The van der Waals surface area contributed by atoms with Gasteiger partial charge in [0.05, 0.1) is 32.7 Å². The summed E-state index contributed by atoms with van der Waals surface area (Å²) in [6.45, 7) is 4.48. The van der Waals surface area contributed by atoms with Gasteiger partial charge >= 0.3 is 0 Å². The molecule has 0 spiro atoms. The van der Waals surface area contributed by atoms with Crippen LogP contribution in [-0.4, -0.2) is 38.4 Å². The van der Waals surface area contributed by atoms with Gasteiger partial charge < -0.3 is 18.9 Å². The van der Waals surface area contributed by atoms with Crippen LogP contribution in [0.15, 0.2) is 64.5 Å². The molecule has 0 bridgehead atoms. The molecule has 4 rings (SSSR count). The molecule has 0 saturated carbocycles. The zero-order valence-electron chi connectivity index (χ0n) is 16.7. The minimum Gasteiger partial charge on any atom is -0.497 e. The fourth-order valence-electron chi connectivity index (χ4n) is 2.98. The Kier molecular flexibility index (Phi) is 5.85. The van der Waals surface area contributed by atoms with Gasteiger partial charge in [0, 0.05) is 17.0 Å². The van der Waals surface area contributed by atoms with Gasteiger partial charge in [0.15, 0.2) is 11.5 Å². The number of aromatic nitrogens is 1. The monoisotopic (exact) mass is 423 g/mol. The van der Waals surface area contributed by atoms with Crippen LogP contribution in [0.1, 0.15) is 5.56 Å². The van der Waals surface area contributed by atoms with Crippen molar-refractivity contribution in [2.45, 2.75) is 0 Å². The highest BCUT2D eigenvalue weighted by Crippen LogP contribution is 2.34. The largest absolute Gasteiger partial charge is 0.497 e. The molecule has 1 aliphatic rings. The van der Waals surface area contributed by atoms with Crippen molar-refractivity contribution in [3.63, 3.8) is 0 Å². The minimum atomic E-state index is 0.237. The average molecular weight is 423 g/mol. The number of hydrogen-bond donors (Lipinski definition) is 0. The van der Waals surface area contributed by atoms with Crippen LogP contribution >= 0.6 is 11.3 Å². The Morgan fingerprint density at radius 2 is 2.00 bits per heavy atom. The molecule has 0 aliphatic carbocycles. The highest BCUT2D eigenvalue weighted by Gasteiger charge is 2.15. The van der Waals surface area contributed by atoms with Gasteiger partial charge in [-0.15, -0.1) is 17.9 Å². The normalized spacial score (nSPS) is 13.1. The van der Waals surface area contributed by atoms with Gasteiger partial charge in [0.2, 0.25) is 11.6 Å². The van der Waals surface area contributed by atoms with E-state index in [0.29, 0.717) is 18.0 Å². The number of ether oxygens (including phenoxy) is 4. The summed E-state index contributed by atoms with van der Waals surface area (Å²) in [4.78, 5) is 5.32. The maximum Gasteiger partial charge on any atom is 0.231 e. The van der Waals surface area contributed by atoms with Gasteiger partial charge in [0.25, 0.3) is 0 Å². The second-order valence-electron chi connectivity index (χ2n) is 6.27. The Morgan fingerprint density at radius 3 is 2.80 bits per heavy atom. The molecule has 8 heteroatoms. The van der Waals surface area contributed by atoms with Gasteiger partial charge in [-0.3, -0.25) is 4.99 Å². The summed E-state index contributed by atoms with van der Waals surface area (Å²) in [5.74, 6) is 2.86. The van der Waals surface area contributed by atoms with E-state index in [2.05, 4.69) is 11.6 Å². The Balaban J connectivity index is 1.78. The quantitative estimate of drug-likeness (QED) is 0.427. The lowest BCUT2D eigenvalue weighted by Gasteiger charge is -2.11. The second-order valence-corrected chi connectivity index (χ2v) is 7.10. The lowest BCUT2D eigenvalue weighted by Crippen LogP contribution is -2.12. The first kappa shape index (κ1) is 19.8. The number of methoxy groups -OCH3 is 2. The molecule has 0 amide bonds. The van der Waals surface area contributed by atoms with Crippen molar-refractivity contribution in [3.05, 3.63) is 64.8 Å². The van der Waals surface area contributed by atoms with Crippen LogP contribution in [0.4, 0.5) is 0 Å². The van der Waals surface area contributed by atoms with Crippen LogP contribution in [0.25, 0.3) is 11.3 Å². The third-order valence-electron chi connectivity index (χ3n) is 4.44. The molecule has 3 aromatic rings. The number of rotatable bonds is 7. The fraction of sp³-hybridized carbons (Fsp3) is 0.182. The highest BCUT2D eigenvalue weighted by atomic mass is 32.1. The minimum absolute atomic E-state index is 0.237. The molecule has 2 aromatic carbocycles. The van der Waals surface area contributed by atoms with E-state index in [1.165, 1.54) is 11.3 Å². The summed E-state index contributed by atoms with van der Waals surface area (Å²) in [6, 6.07) is 11.4. The fourth-order valence-corrected chi connectivity index (χ4v) is 3.81. The molecule has 0 fully saturated rings. The number of fused-ring (bicyclic) bond motifs is 1. The van der Waals surface area contributed by atoms with E-state index >= 15 is 0 Å². The molecular formula is C22H21N3O4S. The summed E-state index contributed by atoms with van der Waals surface area (Å²) in [5, 5.41) is 6.70. The van der Waals surface area contributed by atoms with Crippen molar-refractivity contribution >= 4 is 17.6 Å². The van der Waals surface area contributed by atoms with E-state index in [4.69, 9.17) is 24.0 Å². The molecule has 0 N–H and O–H groups in total. The highest BCUT2D eigenvalue weighted by molar-refractivity contribution is 7.07. The summed E-state index contributed by atoms with van der Waals surface area (Å²) in [5.41, 5.74) is 2.64. The lowest BCUT2D eigenvalue weighted by molar-refractivity contribution is 0.174. The van der Waals surface area contributed by atoms with E-state index in [-0.39, 0.29) is 6.79 Å². The van der Waals surface area contributed by atoms with Crippen LogP contribution in [0.5, 0.6) is 23.0 Å². The third kappa shape index (κ3) is 3.95. The molecule has 0 atom stereocenters. The van der Waals surface area contributed by atoms with Crippen LogP contribution in [0, 0.1) is 0 Å². The third-order valence-corrected chi connectivity index (χ3v) is 5.30. The molecule has 0 radical (unpaired) electrons. The van der Waals surface area contributed by atoms with Crippen molar-refractivity contribution in [1.82, 2.24) is 4.68 Å². The molecule has 1 aromatic heterocycles. The van der Waals surface area contributed by atoms with E-state index < -0.39 is 0 Å². The standard InChI is InChI=1S/C22H21N3O4S/c1-4-9-23-22-25(24-12-15-5-8-19-21(10-15)29-14-28-19)18(13-30-22)17-7-6-16(26-2)11-20(17)27-3/h4-8,10-13H,1,9,14H2,2-3H3. The molecule has 154 valence electrons. The Bertz CT molecular complexity index is 1160. The van der Waals surface area contributed by atoms with Crippen molar-refractivity contribution < 1.29 is 18.9 Å². The Morgan fingerprint density at radius 1 is 1.13 bits per heavy atom. The van der Waals surface area contributed by atoms with Gasteiger partial charge in [-0.25, -0.2) is 4.68 Å². The van der Waals surface area contributed by atoms with Crippen molar-refractivity contribution in [3.8, 4) is 34.3 Å². The zero-order chi connectivity index (χ0) is 20.9. The van der Waals surface area contributed by atoms with Crippen LogP contribution in [0.3, 0.4) is 0 Å². The first-order valence-corrected chi connectivity index (χ1v) is 10.1. The number of thiazole rings is 1. The Labute approximate surface area is 178 Å². The summed E-state index contributed by atoms with van der Waals surface area (Å²) >= 11 is 1.50. The Hall–Kier alpha value is -3.52. The molecular weight excluding hydrogens is 402 g/mol. The van der Waals surface area contributed by atoms with Gasteiger partial charge in [0.1, 0.15) is 11.5 Å². The van der Waals surface area contributed by atoms with E-state index in [9.17, 15) is 0 Å². The predicted molar refractivity (Wildman–Crippen MR) is 117 cm³/mol. The predicted octanol–water partition coefficient (Wildman–Crippen LogP) is 3.93. The van der Waals surface area contributed by atoms with Crippen molar-refractivity contribution in [1.29, 1.82) is 0 Å². The number of nitrogens with zero attached hydrogens (tertiary/aromatic N) is 3. The van der Waals surface area contributed by atoms with Crippen LogP contribution < -0.4 is 23.7 Å². The number of benzene rings is 2. The van der Waals surface area contributed by atoms with Gasteiger partial charge in [-0.1, -0.05) is 6.08 Å². The van der Waals surface area contributed by atoms with Gasteiger partial charge in [-0.05, 0) is 35.9 Å². The summed E-state index contributed by atoms with van der Waals surface area (Å²) in [7, 11) is 3.26. The van der Waals surface area contributed by atoms with Crippen LogP contribution in [0.2, 0.25) is 0 Å². The molecule has 0 saturated heterocycles. The smallest absolute Gasteiger partial charge is 0.231 e. The van der Waals surface area contributed by atoms with Crippen molar-refractivity contribution in [2.75, 3.05) is 27.6 Å². The molecule has 30 heavy (non-hydrogen) atoms. The van der Waals surface area contributed by atoms with E-state index in [0.717, 1.165) is 33.1 Å². The molecule has 1 aliphatic heterocycles. The molecule has 7 nitrogen and oxygen atoms in total. The van der Waals surface area contributed by atoms with E-state index in [1.54, 1.807) is 31.2 Å². The topological polar surface area (TPSA) is 66.6 Å². The van der Waals surface area contributed by atoms with Crippen molar-refractivity contribution in [2.24, 2.45) is 10.1 Å². The second kappa shape index (κ2) is 8.87. The van der Waals surface area contributed by atoms with Crippen LogP contribution in [-0.2, 0) is 0 Å². The maximum atomic E-state index is 5.58.